The highest BCUT2D eigenvalue weighted by Crippen LogP contribution is 2.17. The molecule has 0 bridgehead atoms. The van der Waals surface area contributed by atoms with Crippen LogP contribution < -0.4 is 0 Å². The van der Waals surface area contributed by atoms with Gasteiger partial charge in [-0.05, 0) is 25.7 Å². The first-order chi connectivity index (χ1) is 13.6. The lowest BCUT2D eigenvalue weighted by molar-refractivity contribution is -0.151. The van der Waals surface area contributed by atoms with Gasteiger partial charge in [-0.1, -0.05) is 95.9 Å². The Morgan fingerprint density at radius 1 is 0.893 bits per heavy atom. The summed E-state index contributed by atoms with van der Waals surface area (Å²) >= 11 is 0. The zero-order valence-electron chi connectivity index (χ0n) is 18.0. The van der Waals surface area contributed by atoms with Gasteiger partial charge in [-0.15, -0.1) is 0 Å². The molecule has 0 rings (SSSR count). The predicted octanol–water partition coefficient (Wildman–Crippen LogP) is 6.84. The second-order valence-electron chi connectivity index (χ2n) is 7.56. The Bertz CT molecular complexity index is 428. The largest absolute Gasteiger partial charge is 0.481 e. The molecule has 0 spiro atoms. The van der Waals surface area contributed by atoms with E-state index in [0.717, 1.165) is 25.7 Å². The summed E-state index contributed by atoms with van der Waals surface area (Å²) in [5, 5.41) is 9.23. The molecule has 0 saturated heterocycles. The van der Waals surface area contributed by atoms with Gasteiger partial charge in [0.2, 0.25) is 0 Å². The summed E-state index contributed by atoms with van der Waals surface area (Å²) in [6.07, 6.45) is 22.5. The van der Waals surface area contributed by atoms with Gasteiger partial charge in [-0.2, -0.15) is 0 Å². The summed E-state index contributed by atoms with van der Waals surface area (Å²) in [4.78, 5) is 22.8. The van der Waals surface area contributed by atoms with Gasteiger partial charge in [0.05, 0.1) is 12.3 Å². The number of allylic oxidation sites excluding steroid dienone is 2. The molecule has 0 aromatic rings. The van der Waals surface area contributed by atoms with E-state index < -0.39 is 17.9 Å². The smallest absolute Gasteiger partial charge is 0.307 e. The third-order valence-corrected chi connectivity index (χ3v) is 4.95. The van der Waals surface area contributed by atoms with E-state index in [0.29, 0.717) is 6.42 Å². The first-order valence-corrected chi connectivity index (χ1v) is 11.3. The Balaban J connectivity index is 3.49. The van der Waals surface area contributed by atoms with Gasteiger partial charge in [0.15, 0.2) is 0 Å². The molecule has 0 aromatic heterocycles. The van der Waals surface area contributed by atoms with Crippen LogP contribution in [0.5, 0.6) is 0 Å². The maximum atomic E-state index is 11.5. The first-order valence-electron chi connectivity index (χ1n) is 11.3. The number of hydrogen-bond acceptors (Lipinski definition) is 3. The van der Waals surface area contributed by atoms with Crippen molar-refractivity contribution in [3.8, 4) is 0 Å². The molecule has 0 heterocycles. The van der Waals surface area contributed by atoms with Crippen molar-refractivity contribution in [2.24, 2.45) is 5.92 Å². The Labute approximate surface area is 172 Å². The zero-order chi connectivity index (χ0) is 20.9. The minimum absolute atomic E-state index is 0.0436. The first kappa shape index (κ1) is 26.4. The number of esters is 1. The Hall–Kier alpha value is -1.58. The lowest BCUT2D eigenvalue weighted by atomic mass is 9.97. The average molecular weight is 395 g/mol. The molecule has 0 aliphatic heterocycles. The number of hydrogen-bond donors (Lipinski definition) is 1. The van der Waals surface area contributed by atoms with Crippen molar-refractivity contribution in [3.05, 3.63) is 24.8 Å². The van der Waals surface area contributed by atoms with Gasteiger partial charge in [0, 0.05) is 0 Å². The molecule has 0 fully saturated rings. The summed E-state index contributed by atoms with van der Waals surface area (Å²) in [5.41, 5.74) is 0. The Morgan fingerprint density at radius 3 is 1.93 bits per heavy atom. The zero-order valence-corrected chi connectivity index (χ0v) is 18.0. The fourth-order valence-electron chi connectivity index (χ4n) is 3.25. The molecule has 4 nitrogen and oxygen atoms in total. The highest BCUT2D eigenvalue weighted by Gasteiger charge is 2.21. The van der Waals surface area contributed by atoms with Crippen LogP contribution in [-0.4, -0.2) is 23.7 Å². The number of ether oxygens (including phenoxy) is 1. The maximum absolute atomic E-state index is 11.5. The van der Waals surface area contributed by atoms with Gasteiger partial charge in [0.1, 0.15) is 6.61 Å². The molecular formula is C24H42O4. The maximum Gasteiger partial charge on any atom is 0.307 e. The lowest BCUT2D eigenvalue weighted by Crippen LogP contribution is -2.19. The van der Waals surface area contributed by atoms with E-state index in [1.54, 1.807) is 0 Å². The second kappa shape index (κ2) is 20.2. The fraction of sp³-hybridized carbons (Fsp3) is 0.750. The summed E-state index contributed by atoms with van der Waals surface area (Å²) in [7, 11) is 0. The van der Waals surface area contributed by atoms with Crippen LogP contribution in [-0.2, 0) is 14.3 Å². The van der Waals surface area contributed by atoms with E-state index >= 15 is 0 Å². The van der Waals surface area contributed by atoms with Crippen LogP contribution in [0.1, 0.15) is 103 Å². The van der Waals surface area contributed by atoms with Crippen LogP contribution in [0.25, 0.3) is 0 Å². The summed E-state index contributed by atoms with van der Waals surface area (Å²) in [6, 6.07) is 0. The van der Waals surface area contributed by atoms with Crippen molar-refractivity contribution in [1.82, 2.24) is 0 Å². The summed E-state index contributed by atoms with van der Waals surface area (Å²) in [6.45, 7) is 5.79. The number of rotatable bonds is 20. The van der Waals surface area contributed by atoms with Crippen molar-refractivity contribution in [2.45, 2.75) is 103 Å². The van der Waals surface area contributed by atoms with Crippen LogP contribution in [0, 0.1) is 5.92 Å². The van der Waals surface area contributed by atoms with E-state index in [9.17, 15) is 14.7 Å². The van der Waals surface area contributed by atoms with Crippen LogP contribution in [0.2, 0.25) is 0 Å². The number of carbonyl (C=O) groups excluding carboxylic acids is 1. The monoisotopic (exact) mass is 394 g/mol. The minimum Gasteiger partial charge on any atom is -0.481 e. The van der Waals surface area contributed by atoms with Gasteiger partial charge >= 0.3 is 11.9 Å². The average Bonchev–Trinajstić information content (AvgIpc) is 2.68. The Kier molecular flexibility index (Phi) is 19.0. The van der Waals surface area contributed by atoms with Gasteiger partial charge in [-0.3, -0.25) is 9.59 Å². The van der Waals surface area contributed by atoms with E-state index in [4.69, 9.17) is 4.74 Å². The standard InChI is InChI=1S/C24H42O4/c1-3-5-6-7-8-9-10-11-12-13-14-15-16-17-18-19-22(24(26)27)21-23(25)28-20-4-2/h4-6,22H,2-3,7-21H2,1H3,(H,26,27)/b6-5+. The topological polar surface area (TPSA) is 63.6 Å². The SMILES string of the molecule is C=CCOC(=O)CC(CCCCCCCCCCCCC/C=C/CC)C(=O)O. The number of carboxylic acids is 1. The molecule has 1 unspecified atom stereocenters. The van der Waals surface area contributed by atoms with Crippen LogP contribution in [0.15, 0.2) is 24.8 Å². The number of carbonyl (C=O) groups is 2. The van der Waals surface area contributed by atoms with Gasteiger partial charge in [0.25, 0.3) is 0 Å². The molecule has 0 aliphatic carbocycles. The van der Waals surface area contributed by atoms with E-state index in [2.05, 4.69) is 25.7 Å². The molecule has 1 N–H and O–H groups in total. The quantitative estimate of drug-likeness (QED) is 0.139. The number of carboxylic acid groups (broad SMARTS) is 1. The van der Waals surface area contributed by atoms with Crippen molar-refractivity contribution in [2.75, 3.05) is 6.61 Å². The second-order valence-corrected chi connectivity index (χ2v) is 7.56. The van der Waals surface area contributed by atoms with Crippen LogP contribution >= 0.6 is 0 Å². The summed E-state index contributed by atoms with van der Waals surface area (Å²) in [5.74, 6) is -1.99. The molecule has 0 radical (unpaired) electrons. The molecule has 4 heteroatoms. The summed E-state index contributed by atoms with van der Waals surface area (Å²) < 4.78 is 4.88. The molecule has 1 atom stereocenters. The van der Waals surface area contributed by atoms with Gasteiger partial charge < -0.3 is 9.84 Å². The molecule has 0 aliphatic rings. The van der Waals surface area contributed by atoms with Crippen molar-refractivity contribution in [1.29, 1.82) is 0 Å². The minimum atomic E-state index is -0.906. The van der Waals surface area contributed by atoms with Crippen molar-refractivity contribution < 1.29 is 19.4 Å². The van der Waals surface area contributed by atoms with E-state index in [1.165, 1.54) is 63.9 Å². The predicted molar refractivity (Wildman–Crippen MR) is 116 cm³/mol. The number of unbranched alkanes of at least 4 members (excludes halogenated alkanes) is 11. The van der Waals surface area contributed by atoms with Crippen LogP contribution in [0.3, 0.4) is 0 Å². The molecule has 28 heavy (non-hydrogen) atoms. The molecule has 0 saturated carbocycles. The third kappa shape index (κ3) is 17.8. The Morgan fingerprint density at radius 2 is 1.43 bits per heavy atom. The van der Waals surface area contributed by atoms with Crippen LogP contribution in [0.4, 0.5) is 0 Å². The van der Waals surface area contributed by atoms with E-state index in [-0.39, 0.29) is 13.0 Å². The number of aliphatic carboxylic acids is 1. The molecular weight excluding hydrogens is 352 g/mol. The van der Waals surface area contributed by atoms with E-state index in [1.807, 2.05) is 0 Å². The highest BCUT2D eigenvalue weighted by molar-refractivity contribution is 5.78. The fourth-order valence-corrected chi connectivity index (χ4v) is 3.25. The normalized spacial score (nSPS) is 12.2. The third-order valence-electron chi connectivity index (χ3n) is 4.95. The van der Waals surface area contributed by atoms with Crippen molar-refractivity contribution in [3.63, 3.8) is 0 Å². The highest BCUT2D eigenvalue weighted by atomic mass is 16.5. The van der Waals surface area contributed by atoms with Gasteiger partial charge in [-0.25, -0.2) is 0 Å². The molecule has 0 aromatic carbocycles. The lowest BCUT2D eigenvalue weighted by Gasteiger charge is -2.11. The van der Waals surface area contributed by atoms with Crippen molar-refractivity contribution >= 4 is 11.9 Å². The molecule has 0 amide bonds. The molecule has 162 valence electrons.